The number of halogens is 3. The molecule has 27 heavy (non-hydrogen) atoms. The number of nitrogens with zero attached hydrogens (tertiary/aromatic N) is 4. The highest BCUT2D eigenvalue weighted by Gasteiger charge is 2.45. The van der Waals surface area contributed by atoms with E-state index in [2.05, 4.69) is 16.3 Å². The molecule has 3 heterocycles. The largest absolute Gasteiger partial charge is 0.473 e. The molecule has 0 fully saturated rings. The molecule has 1 aromatic carbocycles. The van der Waals surface area contributed by atoms with E-state index in [1.807, 2.05) is 17.6 Å². The Kier molecular flexibility index (Phi) is 4.17. The summed E-state index contributed by atoms with van der Waals surface area (Å²) in [5.41, 5.74) is -1.06. The smallest absolute Gasteiger partial charge is 0.192 e. The number of aromatic nitrogens is 3. The topological polar surface area (TPSA) is 63.7 Å². The number of rotatable bonds is 3. The van der Waals surface area contributed by atoms with Gasteiger partial charge in [0.2, 0.25) is 0 Å². The Balaban J connectivity index is 1.76. The van der Waals surface area contributed by atoms with Gasteiger partial charge in [0.15, 0.2) is 34.6 Å². The predicted octanol–water partition coefficient (Wildman–Crippen LogP) is 5.07. The van der Waals surface area contributed by atoms with Gasteiger partial charge in [-0.2, -0.15) is 5.26 Å². The summed E-state index contributed by atoms with van der Waals surface area (Å²) >= 11 is 6.99. The number of hydrogen-bond acceptors (Lipinski definition) is 5. The summed E-state index contributed by atoms with van der Waals surface area (Å²) in [5, 5.41) is 17.4. The zero-order valence-electron chi connectivity index (χ0n) is 14.3. The SMILES string of the molecule is CC1CC(C)(Oc2c(F)cc(Cl)cc2F)c2nnc(-c3ccc(C#N)s3)n21. The number of hydrogen-bond donors (Lipinski definition) is 0. The van der Waals surface area contributed by atoms with E-state index in [4.69, 9.17) is 21.6 Å². The molecule has 0 aliphatic carbocycles. The Hall–Kier alpha value is -2.50. The molecule has 138 valence electrons. The second kappa shape index (κ2) is 6.29. The molecule has 0 bridgehead atoms. The van der Waals surface area contributed by atoms with Crippen LogP contribution >= 0.6 is 22.9 Å². The van der Waals surface area contributed by atoms with Crippen LogP contribution in [0.5, 0.6) is 5.75 Å². The van der Waals surface area contributed by atoms with Crippen LogP contribution in [0.4, 0.5) is 8.78 Å². The predicted molar refractivity (Wildman–Crippen MR) is 96.7 cm³/mol. The second-order valence-corrected chi connectivity index (χ2v) is 8.10. The van der Waals surface area contributed by atoms with Crippen molar-refractivity contribution in [2.45, 2.75) is 31.9 Å². The fourth-order valence-corrected chi connectivity index (χ4v) is 4.42. The van der Waals surface area contributed by atoms with Crippen molar-refractivity contribution >= 4 is 22.9 Å². The van der Waals surface area contributed by atoms with Crippen molar-refractivity contribution in [3.8, 4) is 22.5 Å². The van der Waals surface area contributed by atoms with Crippen LogP contribution in [-0.2, 0) is 5.60 Å². The summed E-state index contributed by atoms with van der Waals surface area (Å²) in [6.45, 7) is 3.68. The van der Waals surface area contributed by atoms with Crippen molar-refractivity contribution in [1.29, 1.82) is 5.26 Å². The zero-order valence-corrected chi connectivity index (χ0v) is 15.9. The highest BCUT2D eigenvalue weighted by atomic mass is 35.5. The molecule has 0 spiro atoms. The van der Waals surface area contributed by atoms with Gasteiger partial charge in [-0.15, -0.1) is 21.5 Å². The summed E-state index contributed by atoms with van der Waals surface area (Å²) in [4.78, 5) is 1.36. The van der Waals surface area contributed by atoms with E-state index < -0.39 is 23.0 Å². The van der Waals surface area contributed by atoms with Gasteiger partial charge in [0.05, 0.1) is 4.88 Å². The maximum absolute atomic E-state index is 14.2. The van der Waals surface area contributed by atoms with Gasteiger partial charge >= 0.3 is 0 Å². The van der Waals surface area contributed by atoms with E-state index in [1.54, 1.807) is 13.0 Å². The molecule has 1 aliphatic rings. The Morgan fingerprint density at radius 2 is 2.04 bits per heavy atom. The molecule has 9 heteroatoms. The Morgan fingerprint density at radius 1 is 1.33 bits per heavy atom. The van der Waals surface area contributed by atoms with E-state index in [1.165, 1.54) is 11.3 Å². The molecule has 1 aliphatic heterocycles. The molecule has 2 aromatic heterocycles. The summed E-state index contributed by atoms with van der Waals surface area (Å²) in [6, 6.07) is 7.58. The van der Waals surface area contributed by atoms with Gasteiger partial charge in [-0.1, -0.05) is 11.6 Å². The van der Waals surface area contributed by atoms with E-state index in [0.29, 0.717) is 22.9 Å². The number of thiophene rings is 1. The lowest BCUT2D eigenvalue weighted by Crippen LogP contribution is -2.28. The fraction of sp³-hybridized carbons (Fsp3) is 0.278. The standard InChI is InChI=1S/C18H13ClF2N4OS/c1-9-7-18(2,26-15-12(20)5-10(19)6-13(15)21)17-24-23-16(25(9)17)14-4-3-11(8-22)27-14/h3-6,9H,7H2,1-2H3. The molecule has 4 rings (SSSR count). The molecule has 0 saturated carbocycles. The van der Waals surface area contributed by atoms with Gasteiger partial charge in [-0.25, -0.2) is 8.78 Å². The Bertz CT molecular complexity index is 1070. The Morgan fingerprint density at radius 3 is 2.67 bits per heavy atom. The van der Waals surface area contributed by atoms with Crippen molar-refractivity contribution in [3.63, 3.8) is 0 Å². The summed E-state index contributed by atoms with van der Waals surface area (Å²) < 4.78 is 36.1. The first-order chi connectivity index (χ1) is 12.8. The molecule has 0 radical (unpaired) electrons. The third-order valence-corrected chi connectivity index (χ3v) is 5.73. The van der Waals surface area contributed by atoms with Gasteiger partial charge in [-0.3, -0.25) is 0 Å². The zero-order chi connectivity index (χ0) is 19.3. The third-order valence-electron chi connectivity index (χ3n) is 4.52. The van der Waals surface area contributed by atoms with Crippen molar-refractivity contribution in [3.05, 3.63) is 51.6 Å². The summed E-state index contributed by atoms with van der Waals surface area (Å²) in [6.07, 6.45) is 0.461. The minimum Gasteiger partial charge on any atom is -0.473 e. The summed E-state index contributed by atoms with van der Waals surface area (Å²) in [7, 11) is 0. The molecule has 2 unspecified atom stereocenters. The van der Waals surface area contributed by atoms with Crippen LogP contribution in [0.25, 0.3) is 10.7 Å². The van der Waals surface area contributed by atoms with Gasteiger partial charge in [0, 0.05) is 17.5 Å². The van der Waals surface area contributed by atoms with Crippen LogP contribution < -0.4 is 4.74 Å². The average Bonchev–Trinajstić information content (AvgIpc) is 3.28. The van der Waals surface area contributed by atoms with E-state index >= 15 is 0 Å². The summed E-state index contributed by atoms with van der Waals surface area (Å²) in [5.74, 6) is -1.15. The van der Waals surface area contributed by atoms with Crippen LogP contribution in [0.1, 0.15) is 37.0 Å². The van der Waals surface area contributed by atoms with Crippen LogP contribution in [0.2, 0.25) is 5.02 Å². The minimum atomic E-state index is -1.06. The molecule has 0 saturated heterocycles. The molecule has 0 N–H and O–H groups in total. The fourth-order valence-electron chi connectivity index (χ4n) is 3.44. The number of ether oxygens (including phenoxy) is 1. The Labute approximate surface area is 162 Å². The van der Waals surface area contributed by atoms with Crippen molar-refractivity contribution in [2.75, 3.05) is 0 Å². The molecule has 0 amide bonds. The molecule has 3 aromatic rings. The normalized spacial score (nSPS) is 21.1. The molecular weight excluding hydrogens is 394 g/mol. The highest BCUT2D eigenvalue weighted by molar-refractivity contribution is 7.15. The average molecular weight is 407 g/mol. The number of benzene rings is 1. The van der Waals surface area contributed by atoms with E-state index in [9.17, 15) is 8.78 Å². The lowest BCUT2D eigenvalue weighted by Gasteiger charge is -2.25. The molecular formula is C18H13ClF2N4OS. The minimum absolute atomic E-state index is 0.0428. The molecule has 2 atom stereocenters. The lowest BCUT2D eigenvalue weighted by atomic mass is 10.0. The lowest BCUT2D eigenvalue weighted by molar-refractivity contribution is 0.0692. The van der Waals surface area contributed by atoms with Crippen LogP contribution in [0.15, 0.2) is 24.3 Å². The van der Waals surface area contributed by atoms with E-state index in [0.717, 1.165) is 17.0 Å². The van der Waals surface area contributed by atoms with Crippen molar-refractivity contribution in [1.82, 2.24) is 14.8 Å². The van der Waals surface area contributed by atoms with Crippen LogP contribution in [0.3, 0.4) is 0 Å². The third kappa shape index (κ3) is 2.87. The van der Waals surface area contributed by atoms with E-state index in [-0.39, 0.29) is 11.1 Å². The number of fused-ring (bicyclic) bond motifs is 1. The highest BCUT2D eigenvalue weighted by Crippen LogP contribution is 2.45. The van der Waals surface area contributed by atoms with Crippen molar-refractivity contribution < 1.29 is 13.5 Å². The van der Waals surface area contributed by atoms with Crippen LogP contribution in [-0.4, -0.2) is 14.8 Å². The first-order valence-electron chi connectivity index (χ1n) is 8.11. The van der Waals surface area contributed by atoms with Gasteiger partial charge in [-0.05, 0) is 38.1 Å². The first-order valence-corrected chi connectivity index (χ1v) is 9.31. The quantitative estimate of drug-likeness (QED) is 0.609. The maximum atomic E-state index is 14.2. The van der Waals surface area contributed by atoms with Gasteiger partial charge in [0.25, 0.3) is 0 Å². The first kappa shape index (κ1) is 17.9. The monoisotopic (exact) mass is 406 g/mol. The van der Waals surface area contributed by atoms with Crippen molar-refractivity contribution in [2.24, 2.45) is 0 Å². The number of nitriles is 1. The van der Waals surface area contributed by atoms with Crippen LogP contribution in [0, 0.1) is 23.0 Å². The maximum Gasteiger partial charge on any atom is 0.192 e. The van der Waals surface area contributed by atoms with Gasteiger partial charge < -0.3 is 9.30 Å². The second-order valence-electron chi connectivity index (χ2n) is 6.58. The van der Waals surface area contributed by atoms with Gasteiger partial charge in [0.1, 0.15) is 10.9 Å². The molecule has 5 nitrogen and oxygen atoms in total.